The predicted molar refractivity (Wildman–Crippen MR) is 129 cm³/mol. The summed E-state index contributed by atoms with van der Waals surface area (Å²) in [7, 11) is 1.83. The van der Waals surface area contributed by atoms with Gasteiger partial charge >= 0.3 is 0 Å². The molecule has 1 amide bonds. The quantitative estimate of drug-likeness (QED) is 0.400. The molecule has 1 fully saturated rings. The van der Waals surface area contributed by atoms with E-state index >= 15 is 0 Å². The summed E-state index contributed by atoms with van der Waals surface area (Å²) >= 11 is 0. The zero-order valence-corrected chi connectivity index (χ0v) is 19.0. The summed E-state index contributed by atoms with van der Waals surface area (Å²) in [5.41, 5.74) is 3.22. The second kappa shape index (κ2) is 10.5. The molecule has 0 aliphatic carbocycles. The highest BCUT2D eigenvalue weighted by atomic mass is 16.2. The molecule has 32 heavy (non-hydrogen) atoms. The van der Waals surface area contributed by atoms with Crippen LogP contribution in [0.25, 0.3) is 16.6 Å². The van der Waals surface area contributed by atoms with E-state index in [1.807, 2.05) is 18.0 Å². The number of benzene rings is 1. The largest absolute Gasteiger partial charge is 0.369 e. The maximum absolute atomic E-state index is 11.7. The minimum absolute atomic E-state index is 0.304. The number of hydrogen-bond acceptors (Lipinski definition) is 6. The molecule has 3 N–H and O–H groups in total. The molecule has 8 heteroatoms. The van der Waals surface area contributed by atoms with Gasteiger partial charge in [-0.2, -0.15) is 4.98 Å². The Bertz CT molecular complexity index is 1060. The van der Waals surface area contributed by atoms with Crippen LogP contribution in [0.2, 0.25) is 0 Å². The lowest BCUT2D eigenvalue weighted by molar-refractivity contribution is -0.127. The van der Waals surface area contributed by atoms with Crippen molar-refractivity contribution >= 4 is 28.6 Å². The first kappa shape index (κ1) is 22.1. The number of likely N-dealkylation sites (tertiary alicyclic amines) is 1. The van der Waals surface area contributed by atoms with Gasteiger partial charge in [-0.25, -0.2) is 4.98 Å². The highest BCUT2D eigenvalue weighted by Gasteiger charge is 2.18. The Balaban J connectivity index is 1.39. The number of nitrogens with one attached hydrogen (secondary N) is 3. The third-order valence-electron chi connectivity index (χ3n) is 5.78. The standard InChI is InChI=1S/C24H33N7O/c1-3-10-27-23-20-15-19(7-8-21(20)28-24(25-2)29-23)31-14-9-18(17-31)16-26-11-5-13-30-12-4-6-22(30)32/h7-9,14-15,17,26H,3-6,10-13,16H2,1-2H3,(H2,25,27,28,29). The second-order valence-corrected chi connectivity index (χ2v) is 8.22. The van der Waals surface area contributed by atoms with Crippen LogP contribution in [0.1, 0.15) is 38.2 Å². The second-order valence-electron chi connectivity index (χ2n) is 8.22. The van der Waals surface area contributed by atoms with Crippen molar-refractivity contribution in [2.24, 2.45) is 0 Å². The predicted octanol–water partition coefficient (Wildman–Crippen LogP) is 3.39. The number of nitrogens with zero attached hydrogens (tertiary/aromatic N) is 4. The van der Waals surface area contributed by atoms with Crippen LogP contribution in [0.4, 0.5) is 11.8 Å². The van der Waals surface area contributed by atoms with Gasteiger partial charge in [-0.05, 0) is 55.6 Å². The van der Waals surface area contributed by atoms with Crippen LogP contribution in [0.15, 0.2) is 36.7 Å². The molecule has 3 aromatic rings. The van der Waals surface area contributed by atoms with E-state index in [0.717, 1.165) is 74.4 Å². The molecule has 1 aliphatic rings. The fourth-order valence-corrected chi connectivity index (χ4v) is 4.04. The summed E-state index contributed by atoms with van der Waals surface area (Å²) in [5.74, 6) is 1.78. The van der Waals surface area contributed by atoms with Crippen LogP contribution in [-0.4, -0.2) is 58.6 Å². The van der Waals surface area contributed by atoms with Gasteiger partial charge in [0.1, 0.15) is 5.82 Å². The average Bonchev–Trinajstić information content (AvgIpc) is 3.45. The van der Waals surface area contributed by atoms with Gasteiger partial charge in [-0.1, -0.05) is 6.92 Å². The molecule has 1 aliphatic heterocycles. The first-order valence-electron chi connectivity index (χ1n) is 11.6. The van der Waals surface area contributed by atoms with Crippen LogP contribution < -0.4 is 16.0 Å². The number of aromatic nitrogens is 3. The van der Waals surface area contributed by atoms with Crippen molar-refractivity contribution in [2.75, 3.05) is 43.9 Å². The first-order valence-corrected chi connectivity index (χ1v) is 11.6. The summed E-state index contributed by atoms with van der Waals surface area (Å²) in [6.45, 7) is 6.50. The smallest absolute Gasteiger partial charge is 0.224 e. The molecule has 4 rings (SSSR count). The summed E-state index contributed by atoms with van der Waals surface area (Å²) in [6, 6.07) is 8.40. The van der Waals surface area contributed by atoms with Crippen molar-refractivity contribution in [3.05, 3.63) is 42.2 Å². The van der Waals surface area contributed by atoms with Crippen molar-refractivity contribution < 1.29 is 4.79 Å². The van der Waals surface area contributed by atoms with Crippen molar-refractivity contribution in [1.82, 2.24) is 24.8 Å². The maximum Gasteiger partial charge on any atom is 0.224 e. The van der Waals surface area contributed by atoms with Crippen LogP contribution in [0, 0.1) is 0 Å². The van der Waals surface area contributed by atoms with Crippen LogP contribution in [0.3, 0.4) is 0 Å². The molecule has 0 radical (unpaired) electrons. The van der Waals surface area contributed by atoms with Crippen LogP contribution in [-0.2, 0) is 11.3 Å². The minimum Gasteiger partial charge on any atom is -0.369 e. The molecular weight excluding hydrogens is 402 g/mol. The Morgan fingerprint density at radius 3 is 2.84 bits per heavy atom. The molecule has 0 spiro atoms. The number of hydrogen-bond donors (Lipinski definition) is 3. The van der Waals surface area contributed by atoms with E-state index in [-0.39, 0.29) is 0 Å². The molecule has 0 atom stereocenters. The Kier molecular flexibility index (Phi) is 7.21. The van der Waals surface area contributed by atoms with E-state index in [1.54, 1.807) is 0 Å². The zero-order chi connectivity index (χ0) is 22.3. The van der Waals surface area contributed by atoms with E-state index in [1.165, 1.54) is 5.56 Å². The average molecular weight is 436 g/mol. The lowest BCUT2D eigenvalue weighted by atomic mass is 10.2. The SMILES string of the molecule is CCCNc1nc(NC)nc2ccc(-n3ccc(CNCCCN4CCCC4=O)c3)cc12. The third kappa shape index (κ3) is 5.19. The van der Waals surface area contributed by atoms with Gasteiger partial charge in [0, 0.05) is 63.1 Å². The number of carbonyl (C=O) groups excluding carboxylic acids is 1. The van der Waals surface area contributed by atoms with Gasteiger partial charge < -0.3 is 25.4 Å². The van der Waals surface area contributed by atoms with E-state index in [9.17, 15) is 4.79 Å². The fourth-order valence-electron chi connectivity index (χ4n) is 4.04. The lowest BCUT2D eigenvalue weighted by Crippen LogP contribution is -2.28. The molecule has 1 aromatic carbocycles. The van der Waals surface area contributed by atoms with Crippen molar-refractivity contribution in [3.8, 4) is 5.69 Å². The number of rotatable bonds is 11. The molecular formula is C24H33N7O. The molecule has 0 unspecified atom stereocenters. The van der Waals surface area contributed by atoms with Crippen molar-refractivity contribution in [3.63, 3.8) is 0 Å². The zero-order valence-electron chi connectivity index (χ0n) is 19.0. The molecule has 3 heterocycles. The van der Waals surface area contributed by atoms with Gasteiger partial charge in [0.15, 0.2) is 0 Å². The molecule has 8 nitrogen and oxygen atoms in total. The summed E-state index contributed by atoms with van der Waals surface area (Å²) in [6.07, 6.45) is 7.98. The Morgan fingerprint density at radius 2 is 2.06 bits per heavy atom. The topological polar surface area (TPSA) is 87.1 Å². The Morgan fingerprint density at radius 1 is 1.16 bits per heavy atom. The minimum atomic E-state index is 0.304. The Labute approximate surface area is 189 Å². The van der Waals surface area contributed by atoms with Gasteiger partial charge in [-0.3, -0.25) is 4.79 Å². The van der Waals surface area contributed by atoms with Gasteiger partial charge in [0.2, 0.25) is 11.9 Å². The highest BCUT2D eigenvalue weighted by Crippen LogP contribution is 2.25. The van der Waals surface area contributed by atoms with E-state index in [4.69, 9.17) is 0 Å². The number of carbonyl (C=O) groups is 1. The van der Waals surface area contributed by atoms with Gasteiger partial charge in [0.25, 0.3) is 0 Å². The first-order chi connectivity index (χ1) is 15.7. The monoisotopic (exact) mass is 435 g/mol. The van der Waals surface area contributed by atoms with Crippen LogP contribution >= 0.6 is 0 Å². The highest BCUT2D eigenvalue weighted by molar-refractivity contribution is 5.91. The van der Waals surface area contributed by atoms with Crippen LogP contribution in [0.5, 0.6) is 0 Å². The lowest BCUT2D eigenvalue weighted by Gasteiger charge is -2.15. The maximum atomic E-state index is 11.7. The van der Waals surface area contributed by atoms with E-state index in [0.29, 0.717) is 18.3 Å². The summed E-state index contributed by atoms with van der Waals surface area (Å²) in [4.78, 5) is 22.8. The van der Waals surface area contributed by atoms with Crippen molar-refractivity contribution in [2.45, 2.75) is 39.2 Å². The Hall–Kier alpha value is -3.13. The molecule has 0 saturated carbocycles. The number of fused-ring (bicyclic) bond motifs is 1. The van der Waals surface area contributed by atoms with Gasteiger partial charge in [0.05, 0.1) is 5.52 Å². The van der Waals surface area contributed by atoms with Gasteiger partial charge in [-0.15, -0.1) is 0 Å². The molecule has 170 valence electrons. The molecule has 2 aromatic heterocycles. The van der Waals surface area contributed by atoms with Crippen molar-refractivity contribution in [1.29, 1.82) is 0 Å². The normalized spacial score (nSPS) is 13.8. The third-order valence-corrected chi connectivity index (χ3v) is 5.78. The molecule has 0 bridgehead atoms. The van der Waals surface area contributed by atoms with E-state index < -0.39 is 0 Å². The number of anilines is 2. The fraction of sp³-hybridized carbons (Fsp3) is 0.458. The summed E-state index contributed by atoms with van der Waals surface area (Å²) in [5, 5.41) is 11.0. The summed E-state index contributed by atoms with van der Waals surface area (Å²) < 4.78 is 2.13. The molecule has 1 saturated heterocycles. The van der Waals surface area contributed by atoms with E-state index in [2.05, 4.69) is 68.0 Å². The number of amides is 1.